The van der Waals surface area contributed by atoms with Crippen molar-refractivity contribution in [3.05, 3.63) is 47.9 Å². The lowest BCUT2D eigenvalue weighted by atomic mass is 9.95. The Kier molecular flexibility index (Phi) is 6.53. The lowest BCUT2D eigenvalue weighted by molar-refractivity contribution is 0.115. The summed E-state index contributed by atoms with van der Waals surface area (Å²) >= 11 is 0. The average molecular weight is 427 g/mol. The molecule has 4 rings (SSSR count). The molecular formula is C22H30N6O3. The minimum atomic E-state index is -0.0442. The molecule has 1 unspecified atom stereocenters. The first-order valence-corrected chi connectivity index (χ1v) is 10.8. The zero-order valence-electron chi connectivity index (χ0n) is 17.6. The number of anilines is 1. The summed E-state index contributed by atoms with van der Waals surface area (Å²) in [5.74, 6) is 0.401. The number of amidine groups is 1. The Morgan fingerprint density at radius 1 is 1.26 bits per heavy atom. The predicted octanol–water partition coefficient (Wildman–Crippen LogP) is 1.72. The summed E-state index contributed by atoms with van der Waals surface area (Å²) in [6.07, 6.45) is 5.49. The molecule has 0 spiro atoms. The Morgan fingerprint density at radius 2 is 2.06 bits per heavy atom. The molecule has 166 valence electrons. The van der Waals surface area contributed by atoms with Crippen LogP contribution in [-0.4, -0.2) is 71.3 Å². The van der Waals surface area contributed by atoms with Crippen LogP contribution in [-0.2, 0) is 6.54 Å². The van der Waals surface area contributed by atoms with Gasteiger partial charge in [0.15, 0.2) is 0 Å². The number of hydrogen-bond acceptors (Lipinski definition) is 6. The Bertz CT molecular complexity index is 894. The maximum atomic E-state index is 13.3. The number of aromatic nitrogens is 1. The Morgan fingerprint density at radius 3 is 2.74 bits per heavy atom. The largest absolute Gasteiger partial charge is 0.396 e. The number of likely N-dealkylation sites (tertiary alicyclic amines) is 1. The molecule has 2 aliphatic heterocycles. The number of carbonyl (C=O) groups excluding carboxylic acids is 1. The third kappa shape index (κ3) is 5.05. The van der Waals surface area contributed by atoms with Gasteiger partial charge in [0.25, 0.3) is 0 Å². The van der Waals surface area contributed by atoms with Gasteiger partial charge in [-0.3, -0.25) is 15.2 Å². The molecule has 9 nitrogen and oxygen atoms in total. The number of hydrogen-bond donors (Lipinski definition) is 3. The second-order valence-electron chi connectivity index (χ2n) is 8.56. The number of nitrogens with zero attached hydrogens (tertiary/aromatic N) is 4. The standard InChI is InChI=1S/C22H30N6O3/c23-21(24)19-2-1-3-20(8-19)28-13-18(14-29)12-27(22(28)30)11-16-4-6-26(7-5-16)10-17-9-25-31-15-17/h1-3,8-9,15-16,18,29H,4-7,10-14H2,(H3,23,24). The van der Waals surface area contributed by atoms with Crippen molar-refractivity contribution in [2.75, 3.05) is 44.2 Å². The van der Waals surface area contributed by atoms with Gasteiger partial charge in [0, 0.05) is 55.5 Å². The van der Waals surface area contributed by atoms with E-state index in [0.29, 0.717) is 36.8 Å². The molecule has 3 heterocycles. The first-order chi connectivity index (χ1) is 15.0. The van der Waals surface area contributed by atoms with Gasteiger partial charge in [-0.2, -0.15) is 0 Å². The number of aliphatic hydroxyl groups excluding tert-OH is 1. The minimum Gasteiger partial charge on any atom is -0.396 e. The molecule has 1 aromatic carbocycles. The van der Waals surface area contributed by atoms with E-state index in [1.807, 2.05) is 11.0 Å². The van der Waals surface area contributed by atoms with Crippen molar-refractivity contribution < 1.29 is 14.4 Å². The highest BCUT2D eigenvalue weighted by Gasteiger charge is 2.34. The summed E-state index contributed by atoms with van der Waals surface area (Å²) in [5, 5.41) is 21.3. The smallest absolute Gasteiger partial charge is 0.324 e. The molecule has 2 aromatic rings. The minimum absolute atomic E-state index is 0.00707. The second kappa shape index (κ2) is 9.49. The molecule has 2 saturated heterocycles. The van der Waals surface area contributed by atoms with Crippen LogP contribution in [0.25, 0.3) is 0 Å². The first kappa shape index (κ1) is 21.3. The van der Waals surface area contributed by atoms with Crippen LogP contribution in [0, 0.1) is 17.2 Å². The average Bonchev–Trinajstić information content (AvgIpc) is 3.29. The van der Waals surface area contributed by atoms with E-state index in [1.165, 1.54) is 0 Å². The molecule has 2 aliphatic rings. The van der Waals surface area contributed by atoms with Crippen molar-refractivity contribution in [2.45, 2.75) is 19.4 Å². The highest BCUT2D eigenvalue weighted by molar-refractivity contribution is 5.98. The maximum Gasteiger partial charge on any atom is 0.324 e. The van der Waals surface area contributed by atoms with Gasteiger partial charge >= 0.3 is 6.03 Å². The fraction of sp³-hybridized carbons (Fsp3) is 0.500. The van der Waals surface area contributed by atoms with Crippen molar-refractivity contribution in [1.82, 2.24) is 15.0 Å². The van der Waals surface area contributed by atoms with Crippen LogP contribution >= 0.6 is 0 Å². The first-order valence-electron chi connectivity index (χ1n) is 10.8. The topological polar surface area (TPSA) is 123 Å². The van der Waals surface area contributed by atoms with Crippen LogP contribution in [0.15, 0.2) is 41.2 Å². The fourth-order valence-electron chi connectivity index (χ4n) is 4.48. The number of urea groups is 1. The summed E-state index contributed by atoms with van der Waals surface area (Å²) in [5.41, 5.74) is 8.00. The van der Waals surface area contributed by atoms with Gasteiger partial charge in [-0.25, -0.2) is 4.79 Å². The Balaban J connectivity index is 1.39. The summed E-state index contributed by atoms with van der Waals surface area (Å²) in [6.45, 7) is 4.55. The van der Waals surface area contributed by atoms with Gasteiger partial charge in [0.2, 0.25) is 0 Å². The number of nitrogen functional groups attached to an aromatic ring is 1. The quantitative estimate of drug-likeness (QED) is 0.458. The van der Waals surface area contributed by atoms with Crippen molar-refractivity contribution in [3.63, 3.8) is 0 Å². The number of nitrogens with two attached hydrogens (primary N) is 1. The summed E-state index contributed by atoms with van der Waals surface area (Å²) in [7, 11) is 0. The number of amides is 2. The number of rotatable bonds is 7. The molecule has 2 fully saturated rings. The molecule has 31 heavy (non-hydrogen) atoms. The number of carbonyl (C=O) groups is 1. The number of nitrogens with one attached hydrogen (secondary N) is 1. The molecule has 0 bridgehead atoms. The van der Waals surface area contributed by atoms with E-state index in [0.717, 1.165) is 38.0 Å². The van der Waals surface area contributed by atoms with Crippen LogP contribution in [0.1, 0.15) is 24.0 Å². The van der Waals surface area contributed by atoms with Crippen molar-refractivity contribution in [3.8, 4) is 0 Å². The SMILES string of the molecule is N=C(N)c1cccc(N2CC(CO)CN(CC3CCN(Cc4cnoc4)CC3)C2=O)c1. The van der Waals surface area contributed by atoms with Gasteiger partial charge in [0.1, 0.15) is 12.1 Å². The highest BCUT2D eigenvalue weighted by Crippen LogP contribution is 2.26. The highest BCUT2D eigenvalue weighted by atomic mass is 16.5. The fourth-order valence-corrected chi connectivity index (χ4v) is 4.48. The molecule has 9 heteroatoms. The summed E-state index contributed by atoms with van der Waals surface area (Å²) in [4.78, 5) is 19.2. The van der Waals surface area contributed by atoms with Gasteiger partial charge in [0.05, 0.1) is 6.20 Å². The number of benzene rings is 1. The Labute approximate surface area is 181 Å². The van der Waals surface area contributed by atoms with E-state index >= 15 is 0 Å². The molecule has 1 atom stereocenters. The van der Waals surface area contributed by atoms with Gasteiger partial charge in [-0.15, -0.1) is 0 Å². The number of aliphatic hydroxyl groups is 1. The molecule has 2 amide bonds. The van der Waals surface area contributed by atoms with E-state index in [-0.39, 0.29) is 24.4 Å². The van der Waals surface area contributed by atoms with E-state index in [4.69, 9.17) is 15.7 Å². The predicted molar refractivity (Wildman–Crippen MR) is 117 cm³/mol. The van der Waals surface area contributed by atoms with Crippen molar-refractivity contribution in [1.29, 1.82) is 5.41 Å². The van der Waals surface area contributed by atoms with Crippen LogP contribution in [0.2, 0.25) is 0 Å². The van der Waals surface area contributed by atoms with Crippen LogP contribution in [0.4, 0.5) is 10.5 Å². The molecular weight excluding hydrogens is 396 g/mol. The molecule has 0 aliphatic carbocycles. The van der Waals surface area contributed by atoms with Crippen LogP contribution in [0.3, 0.4) is 0 Å². The second-order valence-corrected chi connectivity index (χ2v) is 8.56. The van der Waals surface area contributed by atoms with Crippen molar-refractivity contribution in [2.24, 2.45) is 17.6 Å². The lowest BCUT2D eigenvalue weighted by Crippen LogP contribution is -2.56. The zero-order valence-corrected chi connectivity index (χ0v) is 17.6. The van der Waals surface area contributed by atoms with E-state index < -0.39 is 0 Å². The number of piperidine rings is 1. The van der Waals surface area contributed by atoms with E-state index in [9.17, 15) is 9.90 Å². The zero-order chi connectivity index (χ0) is 21.8. The third-order valence-electron chi connectivity index (χ3n) is 6.22. The monoisotopic (exact) mass is 426 g/mol. The van der Waals surface area contributed by atoms with E-state index in [1.54, 1.807) is 35.6 Å². The molecule has 0 radical (unpaired) electrons. The summed E-state index contributed by atoms with van der Waals surface area (Å²) in [6, 6.07) is 7.14. The van der Waals surface area contributed by atoms with Gasteiger partial charge in [-0.05, 0) is 44.0 Å². The Hall–Kier alpha value is -2.91. The van der Waals surface area contributed by atoms with Gasteiger partial charge < -0.3 is 20.3 Å². The molecule has 4 N–H and O–H groups in total. The van der Waals surface area contributed by atoms with Crippen LogP contribution in [0.5, 0.6) is 0 Å². The van der Waals surface area contributed by atoms with E-state index in [2.05, 4.69) is 10.1 Å². The third-order valence-corrected chi connectivity index (χ3v) is 6.22. The molecule has 1 aromatic heterocycles. The maximum absolute atomic E-state index is 13.3. The van der Waals surface area contributed by atoms with Gasteiger partial charge in [-0.1, -0.05) is 17.3 Å². The summed E-state index contributed by atoms with van der Waals surface area (Å²) < 4.78 is 4.91. The lowest BCUT2D eigenvalue weighted by Gasteiger charge is -2.42. The normalized spacial score (nSPS) is 20.9. The van der Waals surface area contributed by atoms with Crippen LogP contribution < -0.4 is 10.6 Å². The van der Waals surface area contributed by atoms with Crippen molar-refractivity contribution >= 4 is 17.6 Å². The molecule has 0 saturated carbocycles.